The molecule has 4 N–H and O–H groups in total. The van der Waals surface area contributed by atoms with Gasteiger partial charge in [0.1, 0.15) is 18.2 Å². The Morgan fingerprint density at radius 2 is 0.943 bits per heavy atom. The number of carbonyl (C=O) groups excluding carboxylic acids is 3. The zero-order chi connectivity index (χ0) is 51.6. The molecule has 1 saturated heterocycles. The van der Waals surface area contributed by atoms with Crippen LogP contribution in [0.3, 0.4) is 0 Å². The number of esters is 1. The minimum atomic E-state index is -1.50. The van der Waals surface area contributed by atoms with E-state index in [1.807, 2.05) is 0 Å². The topological polar surface area (TPSA) is 197 Å². The molecule has 15 nitrogen and oxygen atoms in total. The molecule has 412 valence electrons. The molecular weight excluding hydrogens is 916 g/mol. The van der Waals surface area contributed by atoms with Crippen LogP contribution < -0.4 is 10.6 Å². The van der Waals surface area contributed by atoms with Gasteiger partial charge in [-0.15, -0.1) is 0 Å². The van der Waals surface area contributed by atoms with Crippen molar-refractivity contribution in [1.82, 2.24) is 10.6 Å². The SMILES string of the molecule is CCCCCCCCCCCC(CC(=O)NC(CO[C@@H]1OC(CO)[C@@H](OP)C(OC(=O)CC(CCCCCCCCCCC)OC)C1NC(=O)CC(CCCCCCCCCCC)OC)C(=O)O)OC. The van der Waals surface area contributed by atoms with Crippen molar-refractivity contribution >= 4 is 33.2 Å². The summed E-state index contributed by atoms with van der Waals surface area (Å²) < 4.78 is 41.2. The maximum absolute atomic E-state index is 13.9. The van der Waals surface area contributed by atoms with Gasteiger partial charge in [-0.05, 0) is 19.3 Å². The molecule has 1 aliphatic rings. The molecular formula is C54H103N2O13P. The van der Waals surface area contributed by atoms with Crippen LogP contribution in [0, 0.1) is 0 Å². The second-order valence-corrected chi connectivity index (χ2v) is 20.0. The molecule has 8 unspecified atom stereocenters. The van der Waals surface area contributed by atoms with E-state index in [4.69, 9.17) is 32.9 Å². The van der Waals surface area contributed by atoms with E-state index >= 15 is 0 Å². The van der Waals surface area contributed by atoms with Crippen molar-refractivity contribution in [2.45, 2.75) is 288 Å². The van der Waals surface area contributed by atoms with Crippen molar-refractivity contribution in [2.24, 2.45) is 0 Å². The molecule has 0 spiro atoms. The fraction of sp³-hybridized carbons (Fsp3) is 0.926. The second kappa shape index (κ2) is 44.5. The number of hydrogen-bond acceptors (Lipinski definition) is 12. The molecule has 0 aliphatic carbocycles. The summed E-state index contributed by atoms with van der Waals surface area (Å²) in [6.45, 7) is 5.50. The molecule has 70 heavy (non-hydrogen) atoms. The number of carboxylic acids is 1. The molecule has 0 aromatic rings. The number of carboxylic acid groups (broad SMARTS) is 1. The average Bonchev–Trinajstić information content (AvgIpc) is 3.35. The first-order chi connectivity index (χ1) is 34.0. The van der Waals surface area contributed by atoms with Gasteiger partial charge in [0.25, 0.3) is 0 Å². The lowest BCUT2D eigenvalue weighted by molar-refractivity contribution is -0.269. The number of aliphatic hydroxyl groups is 1. The molecule has 2 amide bonds. The van der Waals surface area contributed by atoms with E-state index in [1.165, 1.54) is 116 Å². The van der Waals surface area contributed by atoms with E-state index in [9.17, 15) is 29.4 Å². The van der Waals surface area contributed by atoms with Gasteiger partial charge in [0.15, 0.2) is 18.4 Å². The van der Waals surface area contributed by atoms with Gasteiger partial charge in [-0.1, -0.05) is 194 Å². The number of methoxy groups -OCH3 is 3. The normalized spacial score (nSPS) is 19.9. The van der Waals surface area contributed by atoms with Crippen LogP contribution in [-0.4, -0.2) is 124 Å². The number of unbranched alkanes of at least 4 members (excludes halogenated alkanes) is 24. The lowest BCUT2D eigenvalue weighted by atomic mass is 9.95. The Balaban J connectivity index is 3.14. The van der Waals surface area contributed by atoms with Crippen molar-refractivity contribution in [3.05, 3.63) is 0 Å². The summed E-state index contributed by atoms with van der Waals surface area (Å²) in [5.74, 6) is -2.90. The van der Waals surface area contributed by atoms with Crippen LogP contribution in [0.15, 0.2) is 0 Å². The number of rotatable bonds is 48. The molecule has 1 heterocycles. The third-order valence-corrected chi connectivity index (χ3v) is 14.1. The van der Waals surface area contributed by atoms with Crippen LogP contribution in [-0.2, 0) is 52.1 Å². The van der Waals surface area contributed by atoms with Gasteiger partial charge in [-0.2, -0.15) is 0 Å². The van der Waals surface area contributed by atoms with E-state index in [0.29, 0.717) is 19.3 Å². The monoisotopic (exact) mass is 1020 g/mol. The molecule has 0 bridgehead atoms. The van der Waals surface area contributed by atoms with Crippen molar-refractivity contribution in [3.8, 4) is 0 Å². The molecule has 1 aliphatic heterocycles. The van der Waals surface area contributed by atoms with Crippen LogP contribution in [0.2, 0.25) is 0 Å². The number of nitrogens with one attached hydrogen (secondary N) is 2. The molecule has 0 saturated carbocycles. The highest BCUT2D eigenvalue weighted by molar-refractivity contribution is 7.09. The first kappa shape index (κ1) is 66.0. The maximum atomic E-state index is 13.9. The van der Waals surface area contributed by atoms with Crippen LogP contribution in [0.25, 0.3) is 0 Å². The molecule has 16 heteroatoms. The van der Waals surface area contributed by atoms with Gasteiger partial charge < -0.3 is 53.8 Å². The number of aliphatic carboxylic acids is 1. The summed E-state index contributed by atoms with van der Waals surface area (Å²) in [6.07, 6.45) is 27.4. The summed E-state index contributed by atoms with van der Waals surface area (Å²) in [7, 11) is 6.81. The average molecular weight is 1020 g/mol. The quantitative estimate of drug-likeness (QED) is 0.0255. The van der Waals surface area contributed by atoms with Gasteiger partial charge in [-0.25, -0.2) is 4.79 Å². The highest BCUT2D eigenvalue weighted by atomic mass is 31.0. The number of ether oxygens (including phenoxy) is 6. The Bertz CT molecular complexity index is 1300. The van der Waals surface area contributed by atoms with Crippen molar-refractivity contribution in [3.63, 3.8) is 0 Å². The Morgan fingerprint density at radius 1 is 0.557 bits per heavy atom. The van der Waals surface area contributed by atoms with Gasteiger partial charge in [0.05, 0.1) is 50.8 Å². The first-order valence-electron chi connectivity index (χ1n) is 27.8. The fourth-order valence-corrected chi connectivity index (χ4v) is 9.60. The summed E-state index contributed by atoms with van der Waals surface area (Å²) in [5, 5.41) is 26.2. The lowest BCUT2D eigenvalue weighted by Gasteiger charge is -2.45. The van der Waals surface area contributed by atoms with E-state index < -0.39 is 79.8 Å². The minimum absolute atomic E-state index is 0.00869. The Labute approximate surface area is 427 Å². The molecule has 1 rings (SSSR count). The first-order valence-corrected chi connectivity index (χ1v) is 28.3. The Hall–Kier alpha value is -1.97. The highest BCUT2D eigenvalue weighted by Gasteiger charge is 2.50. The smallest absolute Gasteiger partial charge is 0.328 e. The van der Waals surface area contributed by atoms with E-state index in [-0.39, 0.29) is 31.5 Å². The number of aliphatic hydroxyl groups excluding tert-OH is 1. The zero-order valence-electron chi connectivity index (χ0n) is 44.9. The third-order valence-electron chi connectivity index (χ3n) is 13.7. The van der Waals surface area contributed by atoms with E-state index in [2.05, 4.69) is 40.9 Å². The van der Waals surface area contributed by atoms with Gasteiger partial charge in [-0.3, -0.25) is 14.4 Å². The predicted octanol–water partition coefficient (Wildman–Crippen LogP) is 10.8. The summed E-state index contributed by atoms with van der Waals surface area (Å²) in [6, 6.07) is -2.72. The fourth-order valence-electron chi connectivity index (χ4n) is 9.27. The Kier molecular flexibility index (Phi) is 42.0. The highest BCUT2D eigenvalue weighted by Crippen LogP contribution is 2.30. The minimum Gasteiger partial charge on any atom is -0.480 e. The van der Waals surface area contributed by atoms with Crippen molar-refractivity contribution in [1.29, 1.82) is 0 Å². The van der Waals surface area contributed by atoms with E-state index in [0.717, 1.165) is 57.8 Å². The number of amides is 2. The van der Waals surface area contributed by atoms with Gasteiger partial charge in [0, 0.05) is 30.8 Å². The largest absolute Gasteiger partial charge is 0.480 e. The predicted molar refractivity (Wildman–Crippen MR) is 279 cm³/mol. The summed E-state index contributed by atoms with van der Waals surface area (Å²) >= 11 is 0. The standard InChI is InChI=1S/C54H103N2O13P/c1-7-10-13-16-19-22-25-28-31-34-42(63-4)37-47(58)55-45(53(61)62)41-66-54-50(56-48(59)38-43(64-5)35-32-29-26-23-20-17-14-11-8-2)52(51(69-70)46(40-57)67-54)68-49(60)39-44(65-6)36-33-30-27-24-21-18-15-12-9-3/h42-46,50-52,54,57H,7-41,70H2,1-6H3,(H,55,58)(H,56,59)(H,61,62)/t42?,43?,44?,45?,46?,50?,51-,52?,54-/m1/s1. The van der Waals surface area contributed by atoms with E-state index in [1.54, 1.807) is 21.3 Å². The zero-order valence-corrected chi connectivity index (χ0v) is 46.1. The van der Waals surface area contributed by atoms with Crippen LogP contribution in [0.1, 0.15) is 233 Å². The molecule has 0 aromatic heterocycles. The number of hydrogen-bond donors (Lipinski definition) is 4. The Morgan fingerprint density at radius 3 is 1.31 bits per heavy atom. The van der Waals surface area contributed by atoms with Crippen molar-refractivity contribution in [2.75, 3.05) is 34.5 Å². The lowest BCUT2D eigenvalue weighted by Crippen LogP contribution is -2.66. The summed E-state index contributed by atoms with van der Waals surface area (Å²) in [5.41, 5.74) is 0. The van der Waals surface area contributed by atoms with Crippen LogP contribution >= 0.6 is 9.47 Å². The van der Waals surface area contributed by atoms with Crippen molar-refractivity contribution < 1.29 is 62.3 Å². The molecule has 0 radical (unpaired) electrons. The van der Waals surface area contributed by atoms with Crippen LogP contribution in [0.4, 0.5) is 0 Å². The van der Waals surface area contributed by atoms with Crippen LogP contribution in [0.5, 0.6) is 0 Å². The molecule has 1 fully saturated rings. The third kappa shape index (κ3) is 31.6. The number of carbonyl (C=O) groups is 4. The van der Waals surface area contributed by atoms with Gasteiger partial charge >= 0.3 is 11.9 Å². The maximum Gasteiger partial charge on any atom is 0.328 e. The molecule has 0 aromatic carbocycles. The second-order valence-electron chi connectivity index (χ2n) is 19.7. The van der Waals surface area contributed by atoms with Gasteiger partial charge in [0.2, 0.25) is 11.8 Å². The summed E-state index contributed by atoms with van der Waals surface area (Å²) in [4.78, 5) is 53.5. The molecule has 10 atom stereocenters.